The van der Waals surface area contributed by atoms with E-state index in [9.17, 15) is 0 Å². The lowest BCUT2D eigenvalue weighted by atomic mass is 9.94. The summed E-state index contributed by atoms with van der Waals surface area (Å²) in [6, 6.07) is 2.81. The maximum Gasteiger partial charge on any atom is 0.0331 e. The van der Waals surface area contributed by atoms with Gasteiger partial charge in [-0.15, -0.1) is 23.7 Å². The Morgan fingerprint density at radius 3 is 3.43 bits per heavy atom. The molecule has 0 fully saturated rings. The lowest BCUT2D eigenvalue weighted by Crippen LogP contribution is -2.24. The maximum atomic E-state index is 5.23. The fourth-order valence-corrected chi connectivity index (χ4v) is 3.00. The second-order valence-electron chi connectivity index (χ2n) is 3.65. The SMILES string of the molecule is C#CCCNC1CCCc2sccc21. The van der Waals surface area contributed by atoms with Gasteiger partial charge < -0.3 is 5.32 Å². The molecule has 0 radical (unpaired) electrons. The van der Waals surface area contributed by atoms with Crippen molar-refractivity contribution in [3.63, 3.8) is 0 Å². The first-order chi connectivity index (χ1) is 6.92. The number of hydrogen-bond donors (Lipinski definition) is 1. The van der Waals surface area contributed by atoms with Crippen molar-refractivity contribution < 1.29 is 0 Å². The van der Waals surface area contributed by atoms with Crippen LogP contribution in [0.5, 0.6) is 0 Å². The molecule has 1 aromatic heterocycles. The Morgan fingerprint density at radius 1 is 1.64 bits per heavy atom. The van der Waals surface area contributed by atoms with Gasteiger partial charge in [0.1, 0.15) is 0 Å². The largest absolute Gasteiger partial charge is 0.309 e. The van der Waals surface area contributed by atoms with E-state index in [2.05, 4.69) is 22.7 Å². The Balaban J connectivity index is 1.99. The molecule has 0 amide bonds. The molecule has 0 saturated heterocycles. The van der Waals surface area contributed by atoms with Crippen LogP contribution in [0.25, 0.3) is 0 Å². The number of nitrogens with one attached hydrogen (secondary N) is 1. The molecular formula is C12H15NS. The molecule has 1 nitrogen and oxygen atoms in total. The summed E-state index contributed by atoms with van der Waals surface area (Å²) in [5.41, 5.74) is 1.51. The molecule has 0 aromatic carbocycles. The maximum absolute atomic E-state index is 5.23. The number of thiophene rings is 1. The van der Waals surface area contributed by atoms with Gasteiger partial charge in [-0.05, 0) is 36.3 Å². The topological polar surface area (TPSA) is 12.0 Å². The molecule has 0 aliphatic heterocycles. The Kier molecular flexibility index (Phi) is 3.23. The van der Waals surface area contributed by atoms with E-state index >= 15 is 0 Å². The molecule has 1 aliphatic carbocycles. The van der Waals surface area contributed by atoms with E-state index in [0.717, 1.165) is 13.0 Å². The first-order valence-electron chi connectivity index (χ1n) is 5.15. The van der Waals surface area contributed by atoms with Crippen molar-refractivity contribution in [2.75, 3.05) is 6.54 Å². The van der Waals surface area contributed by atoms with Crippen molar-refractivity contribution in [1.29, 1.82) is 0 Å². The highest BCUT2D eigenvalue weighted by Crippen LogP contribution is 2.32. The summed E-state index contributed by atoms with van der Waals surface area (Å²) >= 11 is 1.89. The van der Waals surface area contributed by atoms with Gasteiger partial charge in [-0.1, -0.05) is 0 Å². The minimum absolute atomic E-state index is 0.554. The fourth-order valence-electron chi connectivity index (χ4n) is 2.02. The average molecular weight is 205 g/mol. The monoisotopic (exact) mass is 205 g/mol. The molecule has 2 rings (SSSR count). The summed E-state index contributed by atoms with van der Waals surface area (Å²) in [4.78, 5) is 1.56. The molecule has 14 heavy (non-hydrogen) atoms. The van der Waals surface area contributed by atoms with Gasteiger partial charge in [-0.25, -0.2) is 0 Å². The molecule has 1 aromatic rings. The number of hydrogen-bond acceptors (Lipinski definition) is 2. The fraction of sp³-hybridized carbons (Fsp3) is 0.500. The Bertz CT molecular complexity index is 334. The summed E-state index contributed by atoms with van der Waals surface area (Å²) in [5, 5.41) is 5.73. The average Bonchev–Trinajstić information content (AvgIpc) is 2.67. The van der Waals surface area contributed by atoms with Crippen molar-refractivity contribution in [3.05, 3.63) is 21.9 Å². The molecular weight excluding hydrogens is 190 g/mol. The van der Waals surface area contributed by atoms with E-state index in [1.54, 1.807) is 4.88 Å². The molecule has 1 aliphatic rings. The minimum Gasteiger partial charge on any atom is -0.309 e. The molecule has 1 N–H and O–H groups in total. The Morgan fingerprint density at radius 2 is 2.57 bits per heavy atom. The highest BCUT2D eigenvalue weighted by molar-refractivity contribution is 7.10. The number of aryl methyl sites for hydroxylation is 1. The zero-order valence-corrected chi connectivity index (χ0v) is 9.07. The summed E-state index contributed by atoms with van der Waals surface area (Å²) in [5.74, 6) is 2.67. The quantitative estimate of drug-likeness (QED) is 0.591. The second-order valence-corrected chi connectivity index (χ2v) is 4.65. The van der Waals surface area contributed by atoms with Crippen LogP contribution >= 0.6 is 11.3 Å². The number of terminal acetylenes is 1. The Labute approximate surface area is 89.5 Å². The smallest absolute Gasteiger partial charge is 0.0331 e. The highest BCUT2D eigenvalue weighted by Gasteiger charge is 2.19. The summed E-state index contributed by atoms with van der Waals surface area (Å²) in [7, 11) is 0. The van der Waals surface area contributed by atoms with Crippen LogP contribution in [0.15, 0.2) is 11.4 Å². The van der Waals surface area contributed by atoms with Crippen LogP contribution in [0.1, 0.15) is 35.7 Å². The van der Waals surface area contributed by atoms with Crippen LogP contribution in [0.2, 0.25) is 0 Å². The third-order valence-corrected chi connectivity index (χ3v) is 3.71. The summed E-state index contributed by atoms with van der Waals surface area (Å²) in [6.07, 6.45) is 9.89. The molecule has 74 valence electrons. The molecule has 0 bridgehead atoms. The molecule has 1 atom stereocenters. The zero-order chi connectivity index (χ0) is 9.80. The van der Waals surface area contributed by atoms with Gasteiger partial charge in [-0.2, -0.15) is 0 Å². The summed E-state index contributed by atoms with van der Waals surface area (Å²) < 4.78 is 0. The molecule has 0 spiro atoms. The van der Waals surface area contributed by atoms with Crippen molar-refractivity contribution in [3.8, 4) is 12.3 Å². The van der Waals surface area contributed by atoms with Gasteiger partial charge in [0.25, 0.3) is 0 Å². The van der Waals surface area contributed by atoms with Crippen LogP contribution in [-0.4, -0.2) is 6.54 Å². The van der Waals surface area contributed by atoms with Crippen molar-refractivity contribution in [2.45, 2.75) is 31.7 Å². The number of rotatable bonds is 3. The normalized spacial score (nSPS) is 20.1. The lowest BCUT2D eigenvalue weighted by molar-refractivity contribution is 0.470. The molecule has 0 saturated carbocycles. The van der Waals surface area contributed by atoms with Gasteiger partial charge in [0.15, 0.2) is 0 Å². The predicted molar refractivity (Wildman–Crippen MR) is 61.5 cm³/mol. The van der Waals surface area contributed by atoms with Gasteiger partial charge in [-0.3, -0.25) is 0 Å². The first kappa shape index (κ1) is 9.76. The molecule has 2 heteroatoms. The zero-order valence-electron chi connectivity index (χ0n) is 8.25. The van der Waals surface area contributed by atoms with Crippen LogP contribution in [0.3, 0.4) is 0 Å². The van der Waals surface area contributed by atoms with Crippen LogP contribution in [0.4, 0.5) is 0 Å². The van der Waals surface area contributed by atoms with Crippen LogP contribution < -0.4 is 5.32 Å². The van der Waals surface area contributed by atoms with Crippen molar-refractivity contribution >= 4 is 11.3 Å². The minimum atomic E-state index is 0.554. The van der Waals surface area contributed by atoms with E-state index in [4.69, 9.17) is 6.42 Å². The lowest BCUT2D eigenvalue weighted by Gasteiger charge is -2.23. The third kappa shape index (κ3) is 2.00. The second kappa shape index (κ2) is 4.63. The van der Waals surface area contributed by atoms with E-state index in [1.807, 2.05) is 11.3 Å². The molecule has 1 heterocycles. The Hall–Kier alpha value is -0.780. The van der Waals surface area contributed by atoms with Gasteiger partial charge in [0.2, 0.25) is 0 Å². The number of fused-ring (bicyclic) bond motifs is 1. The van der Waals surface area contributed by atoms with Gasteiger partial charge in [0, 0.05) is 23.9 Å². The first-order valence-corrected chi connectivity index (χ1v) is 6.03. The molecule has 1 unspecified atom stereocenters. The van der Waals surface area contributed by atoms with Gasteiger partial charge in [0.05, 0.1) is 0 Å². The highest BCUT2D eigenvalue weighted by atomic mass is 32.1. The summed E-state index contributed by atoms with van der Waals surface area (Å²) in [6.45, 7) is 0.941. The van der Waals surface area contributed by atoms with E-state index in [1.165, 1.54) is 24.8 Å². The van der Waals surface area contributed by atoms with Crippen molar-refractivity contribution in [2.24, 2.45) is 0 Å². The van der Waals surface area contributed by atoms with Crippen LogP contribution in [-0.2, 0) is 6.42 Å². The van der Waals surface area contributed by atoms with Crippen molar-refractivity contribution in [1.82, 2.24) is 5.32 Å². The predicted octanol–water partition coefficient (Wildman–Crippen LogP) is 2.74. The van der Waals surface area contributed by atoms with E-state index in [0.29, 0.717) is 6.04 Å². The van der Waals surface area contributed by atoms with Gasteiger partial charge >= 0.3 is 0 Å². The van der Waals surface area contributed by atoms with E-state index in [-0.39, 0.29) is 0 Å². The third-order valence-electron chi connectivity index (χ3n) is 2.71. The van der Waals surface area contributed by atoms with E-state index < -0.39 is 0 Å². The standard InChI is InChI=1S/C12H15NS/c1-2-3-8-13-11-5-4-6-12-10(11)7-9-14-12/h1,7,9,11,13H,3-6,8H2. The van der Waals surface area contributed by atoms with Crippen LogP contribution in [0, 0.1) is 12.3 Å².